The highest BCUT2D eigenvalue weighted by molar-refractivity contribution is 9.10. The molecule has 106 valence electrons. The minimum absolute atomic E-state index is 0.129. The molecule has 0 aliphatic carbocycles. The van der Waals surface area contributed by atoms with E-state index in [2.05, 4.69) is 40.0 Å². The summed E-state index contributed by atoms with van der Waals surface area (Å²) in [5.74, 6) is -0.188. The molecule has 1 aliphatic heterocycles. The number of hydrogen-bond donors (Lipinski definition) is 1. The zero-order valence-corrected chi connectivity index (χ0v) is 13.5. The van der Waals surface area contributed by atoms with Crippen molar-refractivity contribution in [2.75, 3.05) is 24.5 Å². The van der Waals surface area contributed by atoms with Crippen molar-refractivity contribution in [1.29, 1.82) is 0 Å². The zero-order valence-electron chi connectivity index (χ0n) is 11.9. The first kappa shape index (κ1) is 14.8. The Bertz CT molecular complexity index is 464. The second kappa shape index (κ2) is 5.80. The van der Waals surface area contributed by atoms with Crippen molar-refractivity contribution in [3.8, 4) is 0 Å². The van der Waals surface area contributed by atoms with Crippen LogP contribution in [0.15, 0.2) is 16.6 Å². The summed E-state index contributed by atoms with van der Waals surface area (Å²) in [6.45, 7) is 9.47. The maximum atomic E-state index is 13.5. The summed E-state index contributed by atoms with van der Waals surface area (Å²) in [6, 6.07) is 3.52. The summed E-state index contributed by atoms with van der Waals surface area (Å²) >= 11 is 3.29. The first-order chi connectivity index (χ1) is 8.95. The number of anilines is 1. The van der Waals surface area contributed by atoms with E-state index in [0.717, 1.165) is 43.7 Å². The highest BCUT2D eigenvalue weighted by atomic mass is 79.9. The van der Waals surface area contributed by atoms with Crippen LogP contribution in [0.1, 0.15) is 32.3 Å². The molecule has 4 heteroatoms. The molecule has 0 aromatic heterocycles. The number of benzene rings is 1. The Hall–Kier alpha value is -0.610. The van der Waals surface area contributed by atoms with Crippen molar-refractivity contribution in [2.24, 2.45) is 0 Å². The first-order valence-electron chi connectivity index (χ1n) is 6.91. The van der Waals surface area contributed by atoms with Gasteiger partial charge in [-0.05, 0) is 66.9 Å². The quantitative estimate of drug-likeness (QED) is 0.886. The van der Waals surface area contributed by atoms with Crippen LogP contribution in [0.2, 0.25) is 0 Å². The van der Waals surface area contributed by atoms with E-state index >= 15 is 0 Å². The molecular weight excluding hydrogens is 307 g/mol. The molecule has 0 amide bonds. The molecule has 1 saturated heterocycles. The van der Waals surface area contributed by atoms with Gasteiger partial charge in [-0.15, -0.1) is 0 Å². The lowest BCUT2D eigenvalue weighted by molar-refractivity contribution is 0.366. The minimum Gasteiger partial charge on any atom is -0.369 e. The number of hydrogen-bond acceptors (Lipinski definition) is 2. The summed E-state index contributed by atoms with van der Waals surface area (Å²) in [7, 11) is 0. The van der Waals surface area contributed by atoms with Crippen molar-refractivity contribution in [1.82, 2.24) is 5.32 Å². The molecule has 0 saturated carbocycles. The number of nitrogens with one attached hydrogen (secondary N) is 1. The van der Waals surface area contributed by atoms with Crippen LogP contribution in [0.4, 0.5) is 10.1 Å². The van der Waals surface area contributed by atoms with Crippen molar-refractivity contribution >= 4 is 21.6 Å². The van der Waals surface area contributed by atoms with Crippen molar-refractivity contribution in [2.45, 2.75) is 39.2 Å². The van der Waals surface area contributed by atoms with Crippen LogP contribution in [0, 0.1) is 12.7 Å². The summed E-state index contributed by atoms with van der Waals surface area (Å²) in [4.78, 5) is 2.38. The summed E-state index contributed by atoms with van der Waals surface area (Å²) < 4.78 is 14.1. The molecule has 2 rings (SSSR count). The molecular formula is C15H22BrFN2. The van der Waals surface area contributed by atoms with Gasteiger partial charge in [0.05, 0.1) is 4.47 Å². The second-order valence-corrected chi connectivity index (χ2v) is 6.52. The molecule has 1 aromatic rings. The standard InChI is InChI=1S/C15H22BrFN2/c1-4-15(3)10-19(7-5-6-18-15)14-9-12(16)13(17)8-11(14)2/h8-9,18H,4-7,10H2,1-3H3. The monoisotopic (exact) mass is 328 g/mol. The minimum atomic E-state index is -0.188. The van der Waals surface area contributed by atoms with Crippen LogP contribution in [-0.2, 0) is 0 Å². The van der Waals surface area contributed by atoms with Crippen molar-refractivity contribution in [3.63, 3.8) is 0 Å². The maximum Gasteiger partial charge on any atom is 0.137 e. The van der Waals surface area contributed by atoms with Gasteiger partial charge < -0.3 is 10.2 Å². The van der Waals surface area contributed by atoms with Gasteiger partial charge in [-0.3, -0.25) is 0 Å². The van der Waals surface area contributed by atoms with Gasteiger partial charge in [0, 0.05) is 24.3 Å². The van der Waals surface area contributed by atoms with Crippen LogP contribution < -0.4 is 10.2 Å². The normalized spacial score (nSPS) is 24.4. The molecule has 1 heterocycles. The third kappa shape index (κ3) is 3.29. The van der Waals surface area contributed by atoms with Crippen molar-refractivity contribution in [3.05, 3.63) is 28.0 Å². The predicted octanol–water partition coefficient (Wildman–Crippen LogP) is 3.87. The molecule has 1 aromatic carbocycles. The van der Waals surface area contributed by atoms with Gasteiger partial charge in [0.25, 0.3) is 0 Å². The number of nitrogens with zero attached hydrogens (tertiary/aromatic N) is 1. The Labute approximate surface area is 123 Å². The lowest BCUT2D eigenvalue weighted by Crippen LogP contribution is -2.48. The average Bonchev–Trinajstić information content (AvgIpc) is 2.57. The van der Waals surface area contributed by atoms with E-state index in [1.54, 1.807) is 6.07 Å². The fourth-order valence-corrected chi connectivity index (χ4v) is 2.97. The van der Waals surface area contributed by atoms with Crippen LogP contribution >= 0.6 is 15.9 Å². The van der Waals surface area contributed by atoms with Gasteiger partial charge in [0.2, 0.25) is 0 Å². The molecule has 1 unspecified atom stereocenters. The third-order valence-electron chi connectivity index (χ3n) is 4.06. The molecule has 0 radical (unpaired) electrons. The molecule has 1 fully saturated rings. The number of halogens is 2. The Morgan fingerprint density at radius 2 is 2.21 bits per heavy atom. The molecule has 0 bridgehead atoms. The lowest BCUT2D eigenvalue weighted by Gasteiger charge is -2.34. The van der Waals surface area contributed by atoms with Gasteiger partial charge >= 0.3 is 0 Å². The van der Waals surface area contributed by atoms with E-state index in [0.29, 0.717) is 4.47 Å². The fourth-order valence-electron chi connectivity index (χ4n) is 2.64. The third-order valence-corrected chi connectivity index (χ3v) is 4.66. The Morgan fingerprint density at radius 3 is 2.89 bits per heavy atom. The molecule has 1 atom stereocenters. The summed E-state index contributed by atoms with van der Waals surface area (Å²) in [5.41, 5.74) is 2.27. The number of rotatable bonds is 2. The van der Waals surface area contributed by atoms with Gasteiger partial charge in [-0.1, -0.05) is 6.92 Å². The largest absolute Gasteiger partial charge is 0.369 e. The second-order valence-electron chi connectivity index (χ2n) is 5.67. The molecule has 2 nitrogen and oxygen atoms in total. The Balaban J connectivity index is 2.32. The SMILES string of the molecule is CCC1(C)CN(c2cc(Br)c(F)cc2C)CCCN1. The summed E-state index contributed by atoms with van der Waals surface area (Å²) in [5, 5.41) is 3.63. The average molecular weight is 329 g/mol. The topological polar surface area (TPSA) is 15.3 Å². The fraction of sp³-hybridized carbons (Fsp3) is 0.600. The smallest absolute Gasteiger partial charge is 0.137 e. The van der Waals surface area contributed by atoms with Crippen molar-refractivity contribution < 1.29 is 4.39 Å². The molecule has 0 spiro atoms. The Morgan fingerprint density at radius 1 is 1.47 bits per heavy atom. The van der Waals surface area contributed by atoms with Gasteiger partial charge in [-0.2, -0.15) is 0 Å². The van der Waals surface area contributed by atoms with Gasteiger partial charge in [0.1, 0.15) is 5.82 Å². The lowest BCUT2D eigenvalue weighted by atomic mass is 9.98. The highest BCUT2D eigenvalue weighted by Crippen LogP contribution is 2.29. The molecule has 19 heavy (non-hydrogen) atoms. The first-order valence-corrected chi connectivity index (χ1v) is 7.70. The van der Waals surface area contributed by atoms with Crippen LogP contribution in [0.3, 0.4) is 0 Å². The molecule has 1 aliphatic rings. The van der Waals surface area contributed by atoms with E-state index in [1.807, 2.05) is 13.0 Å². The van der Waals surface area contributed by atoms with Crippen LogP contribution in [0.5, 0.6) is 0 Å². The van der Waals surface area contributed by atoms with Gasteiger partial charge in [0.15, 0.2) is 0 Å². The van der Waals surface area contributed by atoms with E-state index < -0.39 is 0 Å². The van der Waals surface area contributed by atoms with Crippen LogP contribution in [0.25, 0.3) is 0 Å². The van der Waals surface area contributed by atoms with Crippen LogP contribution in [-0.4, -0.2) is 25.2 Å². The number of aryl methyl sites for hydroxylation is 1. The Kier molecular flexibility index (Phi) is 4.51. The van der Waals surface area contributed by atoms with E-state index in [1.165, 1.54) is 0 Å². The highest BCUT2D eigenvalue weighted by Gasteiger charge is 2.28. The predicted molar refractivity (Wildman–Crippen MR) is 82.4 cm³/mol. The van der Waals surface area contributed by atoms with E-state index in [9.17, 15) is 4.39 Å². The maximum absolute atomic E-state index is 13.5. The molecule has 1 N–H and O–H groups in total. The zero-order chi connectivity index (χ0) is 14.0. The van der Waals surface area contributed by atoms with E-state index in [4.69, 9.17) is 0 Å². The van der Waals surface area contributed by atoms with Gasteiger partial charge in [-0.25, -0.2) is 4.39 Å². The van der Waals surface area contributed by atoms with E-state index in [-0.39, 0.29) is 11.4 Å². The summed E-state index contributed by atoms with van der Waals surface area (Å²) in [6.07, 6.45) is 2.20.